The maximum Gasteiger partial charge on any atom is 0.240 e. The van der Waals surface area contributed by atoms with Gasteiger partial charge in [0.25, 0.3) is 0 Å². The molecule has 33 heavy (non-hydrogen) atoms. The first-order valence-corrected chi connectivity index (χ1v) is 12.1. The van der Waals surface area contributed by atoms with E-state index in [0.717, 1.165) is 12.8 Å². The molecule has 0 aromatic carbocycles. The van der Waals surface area contributed by atoms with Crippen molar-refractivity contribution >= 4 is 27.6 Å². The van der Waals surface area contributed by atoms with Crippen molar-refractivity contribution in [2.24, 2.45) is 0 Å². The molecule has 2 atom stereocenters. The van der Waals surface area contributed by atoms with E-state index in [0.29, 0.717) is 23.1 Å². The number of methoxy groups -OCH3 is 2. The minimum absolute atomic E-state index is 0.0870. The fourth-order valence-electron chi connectivity index (χ4n) is 3.67. The van der Waals surface area contributed by atoms with Crippen LogP contribution < -0.4 is 4.72 Å². The number of nitrogens with zero attached hydrogens (tertiary/aromatic N) is 6. The van der Waals surface area contributed by atoms with Crippen LogP contribution in [0.25, 0.3) is 11.5 Å². The maximum atomic E-state index is 13.3. The SMILES string of the molecule is COCC1(n2c(NS(=O)(=O)C(C)C(OC)c3ncc(Cl)cn3)nnc2-c2ccccn2)CC1. The molecule has 1 saturated carbocycles. The third-order valence-electron chi connectivity index (χ3n) is 5.57. The van der Waals surface area contributed by atoms with E-state index in [1.54, 1.807) is 30.0 Å². The predicted molar refractivity (Wildman–Crippen MR) is 121 cm³/mol. The number of halogens is 1. The zero-order valence-electron chi connectivity index (χ0n) is 18.3. The van der Waals surface area contributed by atoms with Crippen LogP contribution in [0.4, 0.5) is 5.95 Å². The second kappa shape index (κ2) is 9.29. The van der Waals surface area contributed by atoms with Crippen LogP contribution in [0.2, 0.25) is 5.02 Å². The standard InChI is InChI=1S/C20H24ClN7O4S/c1-13(16(32-3)17-23-10-14(21)11-24-17)33(29,30)27-19-26-25-18(15-6-4-5-9-22-15)28(19)20(7-8-20)12-31-2/h4-6,9-11,13,16H,7-8,12H2,1-3H3,(H,26,27). The molecular formula is C20H24ClN7O4S. The van der Waals surface area contributed by atoms with Crippen LogP contribution >= 0.6 is 11.6 Å². The molecule has 1 aliphatic rings. The number of hydrogen-bond donors (Lipinski definition) is 1. The highest BCUT2D eigenvalue weighted by Gasteiger charge is 2.49. The van der Waals surface area contributed by atoms with Gasteiger partial charge in [0.2, 0.25) is 16.0 Å². The van der Waals surface area contributed by atoms with Gasteiger partial charge < -0.3 is 9.47 Å². The van der Waals surface area contributed by atoms with Crippen LogP contribution in [-0.2, 0) is 25.0 Å². The zero-order valence-corrected chi connectivity index (χ0v) is 19.9. The predicted octanol–water partition coefficient (Wildman–Crippen LogP) is 2.44. The van der Waals surface area contributed by atoms with Crippen LogP contribution in [0.1, 0.15) is 31.7 Å². The highest BCUT2D eigenvalue weighted by Crippen LogP contribution is 2.47. The molecule has 3 aromatic heterocycles. The molecule has 0 bridgehead atoms. The van der Waals surface area contributed by atoms with Gasteiger partial charge in [-0.25, -0.2) is 18.4 Å². The number of nitrogens with one attached hydrogen (secondary N) is 1. The van der Waals surface area contributed by atoms with Crippen molar-refractivity contribution in [3.8, 4) is 11.5 Å². The van der Waals surface area contributed by atoms with Crippen LogP contribution in [0.3, 0.4) is 0 Å². The molecule has 3 aromatic rings. The molecule has 1 aliphatic carbocycles. The number of sulfonamides is 1. The minimum Gasteiger partial charge on any atom is -0.382 e. The normalized spacial score (nSPS) is 16.8. The number of pyridine rings is 1. The summed E-state index contributed by atoms with van der Waals surface area (Å²) in [5, 5.41) is 7.69. The van der Waals surface area contributed by atoms with Crippen molar-refractivity contribution < 1.29 is 17.9 Å². The molecule has 0 spiro atoms. The Bertz CT molecular complexity index is 1200. The monoisotopic (exact) mass is 493 g/mol. The average molecular weight is 494 g/mol. The quantitative estimate of drug-likeness (QED) is 0.451. The van der Waals surface area contributed by atoms with Gasteiger partial charge in [-0.05, 0) is 31.9 Å². The highest BCUT2D eigenvalue weighted by molar-refractivity contribution is 7.93. The number of hydrogen-bond acceptors (Lipinski definition) is 9. The summed E-state index contributed by atoms with van der Waals surface area (Å²) < 4.78 is 41.9. The second-order valence-electron chi connectivity index (χ2n) is 7.82. The third-order valence-corrected chi connectivity index (χ3v) is 7.46. The Hall–Kier alpha value is -2.67. The highest BCUT2D eigenvalue weighted by atomic mass is 35.5. The Morgan fingerprint density at radius 3 is 2.48 bits per heavy atom. The zero-order chi connectivity index (χ0) is 23.6. The summed E-state index contributed by atoms with van der Waals surface area (Å²) in [6, 6.07) is 5.42. The van der Waals surface area contributed by atoms with Gasteiger partial charge in [0, 0.05) is 32.8 Å². The lowest BCUT2D eigenvalue weighted by Crippen LogP contribution is -2.35. The number of anilines is 1. The lowest BCUT2D eigenvalue weighted by molar-refractivity contribution is 0.0950. The van der Waals surface area contributed by atoms with Gasteiger partial charge in [-0.1, -0.05) is 17.7 Å². The molecule has 1 N–H and O–H groups in total. The van der Waals surface area contributed by atoms with Crippen molar-refractivity contribution in [1.82, 2.24) is 29.7 Å². The first-order valence-electron chi connectivity index (χ1n) is 10.2. The summed E-state index contributed by atoms with van der Waals surface area (Å²) >= 11 is 5.85. The molecule has 3 heterocycles. The molecule has 11 nitrogen and oxygen atoms in total. The lowest BCUT2D eigenvalue weighted by atomic mass is 10.2. The molecule has 0 aliphatic heterocycles. The first kappa shape index (κ1) is 23.5. The van der Waals surface area contributed by atoms with Gasteiger partial charge in [0.1, 0.15) is 17.0 Å². The largest absolute Gasteiger partial charge is 0.382 e. The third kappa shape index (κ3) is 4.69. The smallest absolute Gasteiger partial charge is 0.240 e. The minimum atomic E-state index is -3.99. The summed E-state index contributed by atoms with van der Waals surface area (Å²) in [5.74, 6) is 0.747. The van der Waals surface area contributed by atoms with Crippen molar-refractivity contribution in [2.45, 2.75) is 36.7 Å². The Balaban J connectivity index is 1.69. The van der Waals surface area contributed by atoms with Gasteiger partial charge in [-0.2, -0.15) is 0 Å². The molecule has 4 rings (SSSR count). The summed E-state index contributed by atoms with van der Waals surface area (Å²) in [7, 11) is -0.994. The molecule has 1 fully saturated rings. The van der Waals surface area contributed by atoms with E-state index in [9.17, 15) is 8.42 Å². The van der Waals surface area contributed by atoms with E-state index >= 15 is 0 Å². The van der Waals surface area contributed by atoms with Crippen molar-refractivity contribution in [3.63, 3.8) is 0 Å². The first-order chi connectivity index (χ1) is 15.8. The van der Waals surface area contributed by atoms with Crippen LogP contribution in [-0.4, -0.2) is 64.2 Å². The van der Waals surface area contributed by atoms with E-state index in [2.05, 4.69) is 29.9 Å². The van der Waals surface area contributed by atoms with Gasteiger partial charge >= 0.3 is 0 Å². The summed E-state index contributed by atoms with van der Waals surface area (Å²) in [5.41, 5.74) is 0.127. The Morgan fingerprint density at radius 1 is 1.18 bits per heavy atom. The number of aromatic nitrogens is 6. The summed E-state index contributed by atoms with van der Waals surface area (Å²) in [4.78, 5) is 12.6. The average Bonchev–Trinajstić information content (AvgIpc) is 3.46. The van der Waals surface area contributed by atoms with E-state index in [1.165, 1.54) is 26.4 Å². The fraction of sp³-hybridized carbons (Fsp3) is 0.450. The lowest BCUT2D eigenvalue weighted by Gasteiger charge is -2.24. The van der Waals surface area contributed by atoms with Crippen molar-refractivity contribution in [3.05, 3.63) is 47.6 Å². The van der Waals surface area contributed by atoms with Crippen LogP contribution in [0, 0.1) is 0 Å². The second-order valence-corrected chi connectivity index (χ2v) is 10.3. The van der Waals surface area contributed by atoms with Crippen LogP contribution in [0.15, 0.2) is 36.8 Å². The molecule has 0 saturated heterocycles. The van der Waals surface area contributed by atoms with E-state index in [-0.39, 0.29) is 11.8 Å². The molecule has 13 heteroatoms. The Kier molecular flexibility index (Phi) is 6.61. The van der Waals surface area contributed by atoms with E-state index in [4.69, 9.17) is 21.1 Å². The summed E-state index contributed by atoms with van der Waals surface area (Å²) in [6.45, 7) is 1.89. The molecule has 176 valence electrons. The topological polar surface area (TPSA) is 134 Å². The van der Waals surface area contributed by atoms with Gasteiger partial charge in [-0.3, -0.25) is 14.3 Å². The fourth-order valence-corrected chi connectivity index (χ4v) is 4.89. The maximum absolute atomic E-state index is 13.3. The van der Waals surface area contributed by atoms with Gasteiger partial charge in [0.05, 0.1) is 17.2 Å². The Morgan fingerprint density at radius 2 is 1.91 bits per heavy atom. The van der Waals surface area contributed by atoms with Crippen molar-refractivity contribution in [1.29, 1.82) is 0 Å². The Labute approximate surface area is 196 Å². The van der Waals surface area contributed by atoms with Gasteiger partial charge in [0.15, 0.2) is 11.6 Å². The van der Waals surface area contributed by atoms with Gasteiger partial charge in [-0.15, -0.1) is 10.2 Å². The number of rotatable bonds is 10. The van der Waals surface area contributed by atoms with E-state index < -0.39 is 26.9 Å². The van der Waals surface area contributed by atoms with Crippen LogP contribution in [0.5, 0.6) is 0 Å². The van der Waals surface area contributed by atoms with E-state index in [1.807, 2.05) is 6.07 Å². The molecular weight excluding hydrogens is 470 g/mol. The number of ether oxygens (including phenoxy) is 2. The molecule has 2 unspecified atom stereocenters. The summed E-state index contributed by atoms with van der Waals surface area (Å²) in [6.07, 6.45) is 5.08. The molecule has 0 amide bonds. The van der Waals surface area contributed by atoms with Crippen molar-refractivity contribution in [2.75, 3.05) is 25.5 Å². The molecule has 0 radical (unpaired) electrons.